The van der Waals surface area contributed by atoms with Crippen molar-refractivity contribution < 1.29 is 39.5 Å². The van der Waals surface area contributed by atoms with Crippen molar-refractivity contribution in [2.45, 2.75) is 60.5 Å². The van der Waals surface area contributed by atoms with Crippen LogP contribution in [0.3, 0.4) is 0 Å². The SMILES string of the molecule is CCCC[C@H](I)CC(F)(F)C(F)(F)C(F)(F)C(F)(F)F. The summed E-state index contributed by atoms with van der Waals surface area (Å²) in [4.78, 5) is 0. The topological polar surface area (TPSA) is 0 Å². The lowest BCUT2D eigenvalue weighted by atomic mass is 9.98. The van der Waals surface area contributed by atoms with Gasteiger partial charge in [-0.3, -0.25) is 0 Å². The van der Waals surface area contributed by atoms with E-state index in [4.69, 9.17) is 0 Å². The van der Waals surface area contributed by atoms with Crippen molar-refractivity contribution in [1.29, 1.82) is 0 Å². The highest BCUT2D eigenvalue weighted by atomic mass is 127. The van der Waals surface area contributed by atoms with Crippen LogP contribution in [0, 0.1) is 0 Å². The summed E-state index contributed by atoms with van der Waals surface area (Å²) >= 11 is 1.34. The van der Waals surface area contributed by atoms with Crippen LogP contribution in [0.2, 0.25) is 0 Å². The molecule has 1 atom stereocenters. The summed E-state index contributed by atoms with van der Waals surface area (Å²) < 4.78 is 112. The minimum absolute atomic E-state index is 0.0281. The number of rotatable bonds is 7. The maximum Gasteiger partial charge on any atom is 0.460 e. The number of unbranched alkanes of at least 4 members (excludes halogenated alkanes) is 1. The molecule has 0 aromatic rings. The van der Waals surface area contributed by atoms with Gasteiger partial charge < -0.3 is 0 Å². The van der Waals surface area contributed by atoms with Crippen LogP contribution in [-0.2, 0) is 0 Å². The maximum absolute atomic E-state index is 13.2. The summed E-state index contributed by atoms with van der Waals surface area (Å²) in [6.07, 6.45) is -7.53. The molecule has 0 N–H and O–H groups in total. The Balaban J connectivity index is 5.16. The van der Waals surface area contributed by atoms with E-state index < -0.39 is 34.3 Å². The quantitative estimate of drug-likeness (QED) is 0.271. The average molecular weight is 430 g/mol. The molecule has 0 fully saturated rings. The Morgan fingerprint density at radius 1 is 0.850 bits per heavy atom. The third kappa shape index (κ3) is 4.06. The fourth-order valence-corrected chi connectivity index (χ4v) is 2.34. The zero-order valence-electron chi connectivity index (χ0n) is 10.2. The Hall–Kier alpha value is 0.1000. The van der Waals surface area contributed by atoms with Gasteiger partial charge in [-0.2, -0.15) is 39.5 Å². The van der Waals surface area contributed by atoms with Crippen LogP contribution < -0.4 is 0 Å². The third-order valence-corrected chi connectivity index (χ3v) is 3.62. The molecule has 0 bridgehead atoms. The molecule has 0 nitrogen and oxygen atoms in total. The van der Waals surface area contributed by atoms with E-state index in [2.05, 4.69) is 0 Å². The van der Waals surface area contributed by atoms with Gasteiger partial charge >= 0.3 is 23.9 Å². The molecule has 0 aromatic heterocycles. The van der Waals surface area contributed by atoms with E-state index in [0.717, 1.165) is 0 Å². The highest BCUT2D eigenvalue weighted by Gasteiger charge is 2.81. The first-order valence-corrected chi connectivity index (χ1v) is 6.79. The van der Waals surface area contributed by atoms with E-state index >= 15 is 0 Å². The van der Waals surface area contributed by atoms with Crippen LogP contribution in [0.1, 0.15) is 32.6 Å². The Kier molecular flexibility index (Phi) is 6.50. The fraction of sp³-hybridized carbons (Fsp3) is 1.00. The third-order valence-electron chi connectivity index (χ3n) is 2.56. The summed E-state index contributed by atoms with van der Waals surface area (Å²) in [7, 11) is 0. The first-order valence-electron chi connectivity index (χ1n) is 5.55. The second-order valence-corrected chi connectivity index (χ2v) is 6.06. The Morgan fingerprint density at radius 3 is 1.65 bits per heavy atom. The van der Waals surface area contributed by atoms with E-state index in [1.807, 2.05) is 0 Å². The second-order valence-electron chi connectivity index (χ2n) is 4.29. The van der Waals surface area contributed by atoms with Gasteiger partial charge in [-0.15, -0.1) is 0 Å². The lowest BCUT2D eigenvalue weighted by molar-refractivity contribution is -0.396. The van der Waals surface area contributed by atoms with Gasteiger partial charge in [0.15, 0.2) is 0 Å². The zero-order valence-corrected chi connectivity index (χ0v) is 12.3. The van der Waals surface area contributed by atoms with Crippen molar-refractivity contribution in [2.24, 2.45) is 0 Å². The monoisotopic (exact) mass is 430 g/mol. The van der Waals surface area contributed by atoms with Gasteiger partial charge in [-0.1, -0.05) is 42.4 Å². The summed E-state index contributed by atoms with van der Waals surface area (Å²) in [5, 5.41) is 0. The van der Waals surface area contributed by atoms with Gasteiger partial charge in [0.1, 0.15) is 0 Å². The van der Waals surface area contributed by atoms with Crippen molar-refractivity contribution in [3.05, 3.63) is 0 Å². The number of hydrogen-bond donors (Lipinski definition) is 0. The molecule has 0 spiro atoms. The molecule has 0 aliphatic heterocycles. The van der Waals surface area contributed by atoms with Crippen LogP contribution in [0.25, 0.3) is 0 Å². The molecule has 20 heavy (non-hydrogen) atoms. The van der Waals surface area contributed by atoms with Crippen LogP contribution in [0.4, 0.5) is 39.5 Å². The van der Waals surface area contributed by atoms with Crippen LogP contribution in [-0.4, -0.2) is 27.9 Å². The Bertz CT molecular complexity index is 310. The predicted molar refractivity (Wildman–Crippen MR) is 62.8 cm³/mol. The highest BCUT2D eigenvalue weighted by molar-refractivity contribution is 14.1. The van der Waals surface area contributed by atoms with Crippen LogP contribution >= 0.6 is 22.6 Å². The minimum Gasteiger partial charge on any atom is -0.200 e. The predicted octanol–water partition coefficient (Wildman–Crippen LogP) is 5.84. The van der Waals surface area contributed by atoms with Gasteiger partial charge in [-0.05, 0) is 6.42 Å². The molecule has 122 valence electrons. The maximum atomic E-state index is 13.2. The van der Waals surface area contributed by atoms with Crippen molar-refractivity contribution in [2.75, 3.05) is 0 Å². The van der Waals surface area contributed by atoms with Gasteiger partial charge in [-0.25, -0.2) is 0 Å². The van der Waals surface area contributed by atoms with E-state index in [9.17, 15) is 39.5 Å². The van der Waals surface area contributed by atoms with Gasteiger partial charge in [0.25, 0.3) is 0 Å². The highest BCUT2D eigenvalue weighted by Crippen LogP contribution is 2.54. The fourth-order valence-electron chi connectivity index (χ4n) is 1.34. The molecular weight excluding hydrogens is 418 g/mol. The molecule has 10 heteroatoms. The Morgan fingerprint density at radius 2 is 1.30 bits per heavy atom. The number of hydrogen-bond acceptors (Lipinski definition) is 0. The average Bonchev–Trinajstić information content (AvgIpc) is 2.23. The molecule has 0 saturated heterocycles. The van der Waals surface area contributed by atoms with Crippen molar-refractivity contribution in [3.8, 4) is 0 Å². The minimum atomic E-state index is -6.79. The van der Waals surface area contributed by atoms with Crippen molar-refractivity contribution in [1.82, 2.24) is 0 Å². The molecule has 0 heterocycles. The summed E-state index contributed by atoms with van der Waals surface area (Å²) in [6.45, 7) is 1.69. The van der Waals surface area contributed by atoms with Gasteiger partial charge in [0.2, 0.25) is 0 Å². The smallest absolute Gasteiger partial charge is 0.200 e. The number of alkyl halides is 10. The normalized spacial score (nSPS) is 16.4. The van der Waals surface area contributed by atoms with Crippen LogP contribution in [0.15, 0.2) is 0 Å². The lowest BCUT2D eigenvalue weighted by Gasteiger charge is -2.34. The van der Waals surface area contributed by atoms with Crippen LogP contribution in [0.5, 0.6) is 0 Å². The van der Waals surface area contributed by atoms with E-state index in [1.165, 1.54) is 22.6 Å². The standard InChI is InChI=1S/C10H12F9I/c1-2-3-4-6(20)5-7(11,12)8(13,14)9(15,16)10(17,18)19/h6H,2-5H2,1H3/t6-/m0/s1. The zero-order chi connectivity index (χ0) is 16.4. The molecule has 0 aliphatic carbocycles. The van der Waals surface area contributed by atoms with E-state index in [0.29, 0.717) is 12.8 Å². The molecule has 0 rings (SSSR count). The van der Waals surface area contributed by atoms with Gasteiger partial charge in [0.05, 0.1) is 0 Å². The molecule has 0 aliphatic rings. The van der Waals surface area contributed by atoms with E-state index in [-0.39, 0.29) is 6.42 Å². The van der Waals surface area contributed by atoms with Gasteiger partial charge in [0, 0.05) is 10.3 Å². The van der Waals surface area contributed by atoms with E-state index in [1.54, 1.807) is 6.92 Å². The summed E-state index contributed by atoms with van der Waals surface area (Å²) in [6, 6.07) is 0. The second kappa shape index (κ2) is 6.47. The molecule has 0 amide bonds. The summed E-state index contributed by atoms with van der Waals surface area (Å²) in [5.74, 6) is -18.7. The first-order chi connectivity index (χ1) is 8.70. The molecular formula is C10H12F9I. The van der Waals surface area contributed by atoms with Crippen molar-refractivity contribution >= 4 is 22.6 Å². The number of halogens is 10. The molecule has 0 radical (unpaired) electrons. The Labute approximate surface area is 123 Å². The molecule has 0 aromatic carbocycles. The summed E-state index contributed by atoms with van der Waals surface area (Å²) in [5.41, 5.74) is 0. The van der Waals surface area contributed by atoms with Crippen molar-refractivity contribution in [3.63, 3.8) is 0 Å². The first kappa shape index (κ1) is 20.1. The largest absolute Gasteiger partial charge is 0.460 e. The lowest BCUT2D eigenvalue weighted by Crippen LogP contribution is -2.61. The molecule has 0 saturated carbocycles. The molecule has 0 unspecified atom stereocenters.